The Labute approximate surface area is 360 Å². The maximum atomic E-state index is 6.54. The molecule has 9 aromatic carbocycles. The number of aromatic nitrogens is 3. The van der Waals surface area contributed by atoms with E-state index >= 15 is 0 Å². The van der Waals surface area contributed by atoms with Crippen LogP contribution in [0.1, 0.15) is 22.3 Å². The smallest absolute Gasteiger partial charge is 0.164 e. The van der Waals surface area contributed by atoms with Gasteiger partial charge in [-0.1, -0.05) is 200 Å². The normalized spacial score (nSPS) is 12.7. The lowest BCUT2D eigenvalue weighted by Crippen LogP contribution is -2.25. The van der Waals surface area contributed by atoms with E-state index in [0.717, 1.165) is 55.8 Å². The van der Waals surface area contributed by atoms with E-state index in [1.165, 1.54) is 44.5 Å². The number of rotatable bonds is 6. The molecule has 0 bridgehead atoms. The fourth-order valence-electron chi connectivity index (χ4n) is 10.00. The van der Waals surface area contributed by atoms with Crippen LogP contribution in [0.5, 0.6) is 0 Å². The molecule has 62 heavy (non-hydrogen) atoms. The Morgan fingerprint density at radius 2 is 0.645 bits per heavy atom. The lowest BCUT2D eigenvalue weighted by molar-refractivity contribution is 0.794. The molecule has 10 aromatic rings. The quantitative estimate of drug-likeness (QED) is 0.170. The van der Waals surface area contributed by atoms with Crippen LogP contribution in [0.25, 0.3) is 89.8 Å². The van der Waals surface area contributed by atoms with Gasteiger partial charge in [-0.3, -0.25) is 0 Å². The Morgan fingerprint density at radius 3 is 1.19 bits per heavy atom. The van der Waals surface area contributed by atoms with Crippen LogP contribution < -0.4 is 5.73 Å². The minimum Gasteiger partial charge on any atom is -0.399 e. The largest absolute Gasteiger partial charge is 0.399 e. The predicted molar refractivity (Wildman–Crippen MR) is 253 cm³/mol. The molecule has 0 fully saturated rings. The Bertz CT molecular complexity index is 3210. The van der Waals surface area contributed by atoms with Crippen molar-refractivity contribution in [2.45, 2.75) is 5.41 Å². The van der Waals surface area contributed by atoms with Gasteiger partial charge in [0, 0.05) is 22.4 Å². The van der Waals surface area contributed by atoms with Crippen molar-refractivity contribution in [2.75, 3.05) is 5.73 Å². The van der Waals surface area contributed by atoms with Gasteiger partial charge in [0.2, 0.25) is 0 Å². The number of nitrogens with zero attached hydrogens (tertiary/aromatic N) is 3. The first kappa shape index (κ1) is 35.7. The summed E-state index contributed by atoms with van der Waals surface area (Å²) >= 11 is 0. The molecular formula is C58H38N4. The Kier molecular flexibility index (Phi) is 8.19. The van der Waals surface area contributed by atoms with Gasteiger partial charge in [-0.2, -0.15) is 0 Å². The zero-order valence-electron chi connectivity index (χ0n) is 33.7. The van der Waals surface area contributed by atoms with Gasteiger partial charge in [-0.15, -0.1) is 0 Å². The summed E-state index contributed by atoms with van der Waals surface area (Å²) in [7, 11) is 0. The van der Waals surface area contributed by atoms with Crippen LogP contribution in [0.2, 0.25) is 0 Å². The second-order valence-electron chi connectivity index (χ2n) is 16.1. The fourth-order valence-corrected chi connectivity index (χ4v) is 10.00. The van der Waals surface area contributed by atoms with Gasteiger partial charge in [0.15, 0.2) is 17.5 Å². The molecular weight excluding hydrogens is 753 g/mol. The number of anilines is 1. The second-order valence-corrected chi connectivity index (χ2v) is 16.1. The van der Waals surface area contributed by atoms with Crippen molar-refractivity contribution < 1.29 is 0 Å². The molecule has 1 heterocycles. The van der Waals surface area contributed by atoms with Gasteiger partial charge in [-0.05, 0) is 96.1 Å². The third-order valence-corrected chi connectivity index (χ3v) is 12.7. The Morgan fingerprint density at radius 1 is 0.258 bits per heavy atom. The van der Waals surface area contributed by atoms with E-state index in [2.05, 4.69) is 188 Å². The Hall–Kier alpha value is -8.21. The molecule has 0 atom stereocenters. The van der Waals surface area contributed by atoms with Crippen LogP contribution in [0, 0.1) is 0 Å². The van der Waals surface area contributed by atoms with Gasteiger partial charge in [0.1, 0.15) is 0 Å². The van der Waals surface area contributed by atoms with E-state index < -0.39 is 5.41 Å². The number of nitrogens with two attached hydrogens (primary N) is 1. The fraction of sp³-hybridized carbons (Fsp3) is 0.0172. The van der Waals surface area contributed by atoms with Gasteiger partial charge in [-0.25, -0.2) is 15.0 Å². The third kappa shape index (κ3) is 5.50. The highest BCUT2D eigenvalue weighted by molar-refractivity contribution is 5.97. The maximum Gasteiger partial charge on any atom is 0.164 e. The molecule has 1 aromatic heterocycles. The highest BCUT2D eigenvalue weighted by Crippen LogP contribution is 2.63. The van der Waals surface area contributed by atoms with Crippen molar-refractivity contribution in [1.82, 2.24) is 15.0 Å². The standard InChI is InChI=1S/C58H38N4/c59-42-32-34-54-50(36-42)49-35-41(31-33-53(49)58(54)51-25-13-11-21-45(51)46-22-12-14-26-52(46)58)37-27-29-40(30-28-37)55-60-56(47-23-9-7-19-43(47)38-15-3-1-4-16-38)62-57(61-55)48-24-10-8-20-44(48)39-17-5-2-6-18-39/h1-36H,59H2. The highest BCUT2D eigenvalue weighted by Gasteiger charge is 2.51. The molecule has 2 N–H and O–H groups in total. The maximum absolute atomic E-state index is 6.54. The molecule has 2 aliphatic carbocycles. The van der Waals surface area contributed by atoms with E-state index in [4.69, 9.17) is 20.7 Å². The molecule has 0 unspecified atom stereocenters. The molecule has 0 saturated carbocycles. The summed E-state index contributed by atoms with van der Waals surface area (Å²) in [6, 6.07) is 77.3. The van der Waals surface area contributed by atoms with Crippen molar-refractivity contribution in [3.63, 3.8) is 0 Å². The molecule has 0 amide bonds. The highest BCUT2D eigenvalue weighted by atomic mass is 15.0. The number of fused-ring (bicyclic) bond motifs is 10. The molecule has 0 aliphatic heterocycles. The number of hydrogen-bond donors (Lipinski definition) is 1. The first-order valence-corrected chi connectivity index (χ1v) is 21.1. The summed E-state index contributed by atoms with van der Waals surface area (Å²) in [4.78, 5) is 15.7. The van der Waals surface area contributed by atoms with E-state index in [-0.39, 0.29) is 0 Å². The molecule has 0 saturated heterocycles. The minimum atomic E-state index is -0.416. The number of hydrogen-bond acceptors (Lipinski definition) is 4. The van der Waals surface area contributed by atoms with E-state index in [0.29, 0.717) is 17.5 Å². The summed E-state index contributed by atoms with van der Waals surface area (Å²) in [6.07, 6.45) is 0. The summed E-state index contributed by atoms with van der Waals surface area (Å²) < 4.78 is 0. The van der Waals surface area contributed by atoms with Gasteiger partial charge < -0.3 is 5.73 Å². The lowest BCUT2D eigenvalue weighted by atomic mass is 9.70. The Balaban J connectivity index is 0.989. The lowest BCUT2D eigenvalue weighted by Gasteiger charge is -2.30. The number of nitrogen functional groups attached to an aromatic ring is 1. The molecule has 2 aliphatic rings. The molecule has 4 nitrogen and oxygen atoms in total. The molecule has 4 heteroatoms. The first-order valence-electron chi connectivity index (χ1n) is 21.1. The van der Waals surface area contributed by atoms with E-state index in [1.807, 2.05) is 30.3 Å². The van der Waals surface area contributed by atoms with Crippen molar-refractivity contribution in [1.29, 1.82) is 0 Å². The summed E-state index contributed by atoms with van der Waals surface area (Å²) in [5.41, 5.74) is 26.4. The third-order valence-electron chi connectivity index (χ3n) is 12.7. The minimum absolute atomic E-state index is 0.416. The van der Waals surface area contributed by atoms with E-state index in [1.54, 1.807) is 0 Å². The predicted octanol–water partition coefficient (Wildman–Crippen LogP) is 13.8. The molecule has 290 valence electrons. The number of benzene rings is 9. The van der Waals surface area contributed by atoms with Crippen molar-refractivity contribution in [3.8, 4) is 89.8 Å². The van der Waals surface area contributed by atoms with Crippen LogP contribution in [0.4, 0.5) is 5.69 Å². The summed E-state index contributed by atoms with van der Waals surface area (Å²) in [5, 5.41) is 0. The monoisotopic (exact) mass is 790 g/mol. The van der Waals surface area contributed by atoms with Crippen molar-refractivity contribution in [2.24, 2.45) is 0 Å². The van der Waals surface area contributed by atoms with Gasteiger partial charge in [0.25, 0.3) is 0 Å². The second kappa shape index (κ2) is 14.2. The van der Waals surface area contributed by atoms with Crippen LogP contribution in [0.3, 0.4) is 0 Å². The van der Waals surface area contributed by atoms with Crippen LogP contribution in [-0.4, -0.2) is 15.0 Å². The van der Waals surface area contributed by atoms with E-state index in [9.17, 15) is 0 Å². The zero-order chi connectivity index (χ0) is 41.2. The van der Waals surface area contributed by atoms with Crippen molar-refractivity contribution >= 4 is 5.69 Å². The molecule has 0 radical (unpaired) electrons. The van der Waals surface area contributed by atoms with Crippen molar-refractivity contribution in [3.05, 3.63) is 241 Å². The van der Waals surface area contributed by atoms with Crippen LogP contribution in [-0.2, 0) is 5.41 Å². The van der Waals surface area contributed by atoms with Crippen LogP contribution >= 0.6 is 0 Å². The summed E-state index contributed by atoms with van der Waals surface area (Å²) in [6.45, 7) is 0. The van der Waals surface area contributed by atoms with Gasteiger partial charge >= 0.3 is 0 Å². The topological polar surface area (TPSA) is 64.7 Å². The SMILES string of the molecule is Nc1ccc2c(c1)-c1cc(-c3ccc(-c4nc(-c5ccccc5-c5ccccc5)nc(-c5ccccc5-c5ccccc5)n4)cc3)ccc1C21c2ccccc2-c2ccccc21. The molecule has 12 rings (SSSR count). The van der Waals surface area contributed by atoms with Gasteiger partial charge in [0.05, 0.1) is 5.41 Å². The summed E-state index contributed by atoms with van der Waals surface area (Å²) in [5.74, 6) is 1.86. The van der Waals surface area contributed by atoms with Crippen LogP contribution in [0.15, 0.2) is 218 Å². The average Bonchev–Trinajstić information content (AvgIpc) is 3.81. The zero-order valence-corrected chi connectivity index (χ0v) is 33.7. The first-order chi connectivity index (χ1) is 30.6. The molecule has 1 spiro atoms. The average molecular weight is 791 g/mol.